The first-order chi connectivity index (χ1) is 11.6. The fourth-order valence-corrected chi connectivity index (χ4v) is 4.34. The smallest absolute Gasteiger partial charge is 0.255 e. The average Bonchev–Trinajstić information content (AvgIpc) is 3.15. The van der Waals surface area contributed by atoms with Crippen LogP contribution < -0.4 is 5.32 Å². The minimum Gasteiger partial charge on any atom is -0.354 e. The molecule has 1 aromatic carbocycles. The van der Waals surface area contributed by atoms with Gasteiger partial charge in [-0.05, 0) is 37.0 Å². The zero-order valence-corrected chi connectivity index (χ0v) is 14.5. The highest BCUT2D eigenvalue weighted by molar-refractivity contribution is 7.99. The lowest BCUT2D eigenvalue weighted by Gasteiger charge is -2.23. The van der Waals surface area contributed by atoms with Crippen molar-refractivity contribution in [2.24, 2.45) is 13.0 Å². The summed E-state index contributed by atoms with van der Waals surface area (Å²) in [5.41, 5.74) is 1.71. The molecule has 2 heterocycles. The molecule has 1 N–H and O–H groups in total. The fourth-order valence-electron chi connectivity index (χ4n) is 3.19. The number of carbonyl (C=O) groups excluding carboxylic acids is 2. The molecule has 0 unspecified atom stereocenters. The van der Waals surface area contributed by atoms with E-state index in [2.05, 4.69) is 5.32 Å². The van der Waals surface area contributed by atoms with Gasteiger partial charge >= 0.3 is 0 Å². The second-order valence-corrected chi connectivity index (χ2v) is 7.64. The maximum absolute atomic E-state index is 13.1. The lowest BCUT2D eigenvalue weighted by molar-refractivity contribution is -0.124. The van der Waals surface area contributed by atoms with Crippen LogP contribution in [-0.4, -0.2) is 45.5 Å². The third-order valence-corrected chi connectivity index (χ3v) is 5.88. The summed E-state index contributed by atoms with van der Waals surface area (Å²) < 4.78 is 2.00. The zero-order valence-electron chi connectivity index (χ0n) is 13.7. The Morgan fingerprint density at radius 3 is 2.92 bits per heavy atom. The molecule has 0 spiro atoms. The Kier molecular flexibility index (Phi) is 4.00. The molecule has 1 atom stereocenters. The molecular weight excluding hydrogens is 322 g/mol. The van der Waals surface area contributed by atoms with Gasteiger partial charge < -0.3 is 14.8 Å². The number of benzene rings is 1. The van der Waals surface area contributed by atoms with Crippen LogP contribution in [0.2, 0.25) is 0 Å². The normalized spacial score (nSPS) is 20.5. The summed E-state index contributed by atoms with van der Waals surface area (Å²) in [6.45, 7) is 0.746. The third kappa shape index (κ3) is 2.79. The van der Waals surface area contributed by atoms with Gasteiger partial charge in [0.05, 0.1) is 5.88 Å². The van der Waals surface area contributed by atoms with E-state index in [4.69, 9.17) is 0 Å². The topological polar surface area (TPSA) is 54.3 Å². The van der Waals surface area contributed by atoms with Crippen LogP contribution in [0.15, 0.2) is 30.5 Å². The minimum absolute atomic E-state index is 0.0134. The molecule has 24 heavy (non-hydrogen) atoms. The summed E-state index contributed by atoms with van der Waals surface area (Å²) in [6, 6.07) is 7.37. The Balaban J connectivity index is 1.56. The van der Waals surface area contributed by atoms with Gasteiger partial charge in [-0.3, -0.25) is 9.59 Å². The molecule has 0 radical (unpaired) electrons. The van der Waals surface area contributed by atoms with E-state index in [9.17, 15) is 9.59 Å². The van der Waals surface area contributed by atoms with Crippen molar-refractivity contribution in [1.29, 1.82) is 0 Å². The van der Waals surface area contributed by atoms with Gasteiger partial charge in [0, 0.05) is 42.0 Å². The molecule has 1 aliphatic heterocycles. The molecule has 1 saturated heterocycles. The van der Waals surface area contributed by atoms with E-state index in [-0.39, 0.29) is 17.9 Å². The standard InChI is InChI=1S/C18H21N3O2S/c1-20-8-7-13-14(3-2-4-15(13)20)18(23)21-11-24-10-16(21)17(22)19-9-12-5-6-12/h2-4,7-8,12,16H,5-6,9-11H2,1H3,(H,19,22)/t16-/m1/s1. The third-order valence-electron chi connectivity index (χ3n) is 4.87. The van der Waals surface area contributed by atoms with Crippen LogP contribution in [-0.2, 0) is 11.8 Å². The van der Waals surface area contributed by atoms with Crippen LogP contribution in [0, 0.1) is 5.92 Å². The molecule has 4 rings (SSSR count). The summed E-state index contributed by atoms with van der Waals surface area (Å²) in [6.07, 6.45) is 4.37. The molecule has 2 aliphatic rings. The van der Waals surface area contributed by atoms with Crippen LogP contribution in [0.5, 0.6) is 0 Å². The van der Waals surface area contributed by atoms with Crippen LogP contribution in [0.25, 0.3) is 10.9 Å². The van der Waals surface area contributed by atoms with E-state index in [1.54, 1.807) is 16.7 Å². The van der Waals surface area contributed by atoms with Crippen molar-refractivity contribution in [1.82, 2.24) is 14.8 Å². The molecule has 6 heteroatoms. The monoisotopic (exact) mass is 343 g/mol. The van der Waals surface area contributed by atoms with Gasteiger partial charge in [0.15, 0.2) is 0 Å². The molecular formula is C18H21N3O2S. The lowest BCUT2D eigenvalue weighted by atomic mass is 10.1. The number of rotatable bonds is 4. The second kappa shape index (κ2) is 6.16. The first-order valence-electron chi connectivity index (χ1n) is 8.35. The molecule has 2 aromatic rings. The maximum atomic E-state index is 13.1. The number of thioether (sulfide) groups is 1. The highest BCUT2D eigenvalue weighted by Crippen LogP contribution is 2.29. The van der Waals surface area contributed by atoms with E-state index in [1.165, 1.54) is 12.8 Å². The number of carbonyl (C=O) groups is 2. The summed E-state index contributed by atoms with van der Waals surface area (Å²) in [5, 5.41) is 3.96. The van der Waals surface area contributed by atoms with E-state index in [1.807, 2.05) is 42.1 Å². The van der Waals surface area contributed by atoms with Crippen LogP contribution in [0.4, 0.5) is 0 Å². The molecule has 1 saturated carbocycles. The predicted octanol–water partition coefficient (Wildman–Crippen LogP) is 2.22. The molecule has 1 aliphatic carbocycles. The van der Waals surface area contributed by atoms with E-state index < -0.39 is 0 Å². The highest BCUT2D eigenvalue weighted by atomic mass is 32.2. The molecule has 2 fully saturated rings. The average molecular weight is 343 g/mol. The van der Waals surface area contributed by atoms with Crippen LogP contribution >= 0.6 is 11.8 Å². The number of hydrogen-bond acceptors (Lipinski definition) is 3. The van der Waals surface area contributed by atoms with E-state index in [0.29, 0.717) is 23.1 Å². The second-order valence-electron chi connectivity index (χ2n) is 6.64. The van der Waals surface area contributed by atoms with Crippen molar-refractivity contribution >= 4 is 34.5 Å². The Labute approximate surface area is 145 Å². The molecule has 5 nitrogen and oxygen atoms in total. The fraction of sp³-hybridized carbons (Fsp3) is 0.444. The summed E-state index contributed by atoms with van der Waals surface area (Å²) >= 11 is 1.64. The van der Waals surface area contributed by atoms with Crippen molar-refractivity contribution in [2.75, 3.05) is 18.2 Å². The lowest BCUT2D eigenvalue weighted by Crippen LogP contribution is -2.47. The minimum atomic E-state index is -0.361. The van der Waals surface area contributed by atoms with Crippen LogP contribution in [0.1, 0.15) is 23.2 Å². The number of nitrogens with one attached hydrogen (secondary N) is 1. The first-order valence-corrected chi connectivity index (χ1v) is 9.51. The van der Waals surface area contributed by atoms with Gasteiger partial charge in [-0.25, -0.2) is 0 Å². The van der Waals surface area contributed by atoms with Crippen molar-refractivity contribution in [3.63, 3.8) is 0 Å². The number of aromatic nitrogens is 1. The van der Waals surface area contributed by atoms with Crippen molar-refractivity contribution in [3.8, 4) is 0 Å². The number of nitrogens with zero attached hydrogens (tertiary/aromatic N) is 2. The van der Waals surface area contributed by atoms with Gasteiger partial charge in [0.25, 0.3) is 5.91 Å². The van der Waals surface area contributed by atoms with Crippen molar-refractivity contribution in [2.45, 2.75) is 18.9 Å². The Hall–Kier alpha value is -1.95. The quantitative estimate of drug-likeness (QED) is 0.926. The van der Waals surface area contributed by atoms with Gasteiger partial charge in [-0.15, -0.1) is 11.8 Å². The van der Waals surface area contributed by atoms with E-state index in [0.717, 1.165) is 17.4 Å². The predicted molar refractivity (Wildman–Crippen MR) is 95.9 cm³/mol. The zero-order chi connectivity index (χ0) is 16.7. The molecule has 2 amide bonds. The van der Waals surface area contributed by atoms with Gasteiger partial charge in [0.1, 0.15) is 6.04 Å². The maximum Gasteiger partial charge on any atom is 0.255 e. The summed E-state index contributed by atoms with van der Waals surface area (Å²) in [7, 11) is 1.97. The number of aryl methyl sites for hydroxylation is 1. The Morgan fingerprint density at radius 1 is 1.29 bits per heavy atom. The summed E-state index contributed by atoms with van der Waals surface area (Å²) in [4.78, 5) is 27.2. The van der Waals surface area contributed by atoms with Gasteiger partial charge in [0.2, 0.25) is 5.91 Å². The van der Waals surface area contributed by atoms with Crippen LogP contribution in [0.3, 0.4) is 0 Å². The van der Waals surface area contributed by atoms with E-state index >= 15 is 0 Å². The Bertz CT molecular complexity index is 797. The van der Waals surface area contributed by atoms with Crippen molar-refractivity contribution in [3.05, 3.63) is 36.0 Å². The molecule has 0 bridgehead atoms. The molecule has 1 aromatic heterocycles. The number of hydrogen-bond donors (Lipinski definition) is 1. The SMILES string of the molecule is Cn1ccc2c(C(=O)N3CSC[C@@H]3C(=O)NCC3CC3)cccc21. The molecule has 126 valence electrons. The van der Waals surface area contributed by atoms with Gasteiger partial charge in [-0.2, -0.15) is 0 Å². The largest absolute Gasteiger partial charge is 0.354 e. The number of amides is 2. The van der Waals surface area contributed by atoms with Gasteiger partial charge in [-0.1, -0.05) is 6.07 Å². The first kappa shape index (κ1) is 15.6. The van der Waals surface area contributed by atoms with Crippen molar-refractivity contribution < 1.29 is 9.59 Å². The number of fused-ring (bicyclic) bond motifs is 1. The highest BCUT2D eigenvalue weighted by Gasteiger charge is 2.36. The summed E-state index contributed by atoms with van der Waals surface area (Å²) in [5.74, 6) is 1.82. The Morgan fingerprint density at radius 2 is 2.12 bits per heavy atom.